The maximum absolute atomic E-state index is 14.0. The van der Waals surface area contributed by atoms with Crippen LogP contribution in [0.1, 0.15) is 64.2 Å². The predicted molar refractivity (Wildman–Crippen MR) is 177 cm³/mol. The Morgan fingerprint density at radius 2 is 1.27 bits per heavy atom. The lowest BCUT2D eigenvalue weighted by Crippen LogP contribution is -2.53. The highest BCUT2D eigenvalue weighted by Crippen LogP contribution is 2.21. The first-order valence-electron chi connectivity index (χ1n) is 15.8. The number of carbonyl (C=O) groups is 3. The Hall–Kier alpha value is -4.17. The van der Waals surface area contributed by atoms with Crippen molar-refractivity contribution < 1.29 is 24.2 Å². The number of hydrogen-bond acceptors (Lipinski definition) is 5. The van der Waals surface area contributed by atoms with Crippen LogP contribution in [0.4, 0.5) is 4.79 Å². The normalized spacial score (nSPS) is 14.7. The van der Waals surface area contributed by atoms with Gasteiger partial charge in [0.2, 0.25) is 11.8 Å². The molecule has 0 aliphatic heterocycles. The van der Waals surface area contributed by atoms with Gasteiger partial charge in [0.1, 0.15) is 11.6 Å². The molecule has 2 unspecified atom stereocenters. The molecular weight excluding hydrogens is 566 g/mol. The number of carbonyl (C=O) groups excluding carboxylic acids is 3. The summed E-state index contributed by atoms with van der Waals surface area (Å²) in [7, 11) is 0. The Labute approximate surface area is 268 Å². The zero-order chi connectivity index (χ0) is 32.8. The molecule has 8 heteroatoms. The van der Waals surface area contributed by atoms with Gasteiger partial charge in [-0.25, -0.2) is 4.79 Å². The highest BCUT2D eigenvalue weighted by molar-refractivity contribution is 5.88. The van der Waals surface area contributed by atoms with Crippen LogP contribution in [0.2, 0.25) is 0 Å². The highest BCUT2D eigenvalue weighted by atomic mass is 16.6. The van der Waals surface area contributed by atoms with Crippen molar-refractivity contribution >= 4 is 17.9 Å². The van der Waals surface area contributed by atoms with Crippen molar-refractivity contribution in [1.29, 1.82) is 0 Å². The van der Waals surface area contributed by atoms with E-state index in [2.05, 4.69) is 16.0 Å². The lowest BCUT2D eigenvalue weighted by molar-refractivity contribution is -0.133. The van der Waals surface area contributed by atoms with E-state index in [1.807, 2.05) is 105 Å². The third-order valence-corrected chi connectivity index (χ3v) is 7.79. The summed E-state index contributed by atoms with van der Waals surface area (Å²) in [5, 5.41) is 20.4. The molecule has 0 bridgehead atoms. The van der Waals surface area contributed by atoms with Crippen LogP contribution >= 0.6 is 0 Å². The van der Waals surface area contributed by atoms with Crippen molar-refractivity contribution in [3.8, 4) is 0 Å². The van der Waals surface area contributed by atoms with Gasteiger partial charge in [-0.1, -0.05) is 111 Å². The molecule has 3 aromatic carbocycles. The highest BCUT2D eigenvalue weighted by Gasteiger charge is 2.33. The summed E-state index contributed by atoms with van der Waals surface area (Å²) in [5.41, 5.74) is 2.10. The molecular formula is C37H49N3O5. The zero-order valence-corrected chi connectivity index (χ0v) is 27.2. The summed E-state index contributed by atoms with van der Waals surface area (Å²) in [6.45, 7) is 9.61. The van der Waals surface area contributed by atoms with Gasteiger partial charge < -0.3 is 25.8 Å². The summed E-state index contributed by atoms with van der Waals surface area (Å²) in [5.74, 6) is -1.37. The number of ether oxygens (including phenoxy) is 1. The SMILES string of the molecule is CCC(C)C(NC(=O)[C@H](Cc1ccccc1)C[C@H](O)[C@H](Cc1ccccc1)NC(=O)OC(C)(C)C)C(=O)NCc1ccccc1. The fourth-order valence-corrected chi connectivity index (χ4v) is 5.12. The van der Waals surface area contributed by atoms with Crippen molar-refractivity contribution in [3.05, 3.63) is 108 Å². The fraction of sp³-hybridized carbons (Fsp3) is 0.432. The van der Waals surface area contributed by atoms with Crippen LogP contribution in [0.3, 0.4) is 0 Å². The summed E-state index contributed by atoms with van der Waals surface area (Å²) in [4.78, 5) is 40.1. The molecule has 0 saturated carbocycles. The van der Waals surface area contributed by atoms with Crippen LogP contribution in [0, 0.1) is 11.8 Å². The Kier molecular flexibility index (Phi) is 13.6. The van der Waals surface area contributed by atoms with E-state index in [1.165, 1.54) is 0 Å². The molecule has 4 N–H and O–H groups in total. The number of alkyl carbamates (subject to hydrolysis) is 1. The molecule has 0 saturated heterocycles. The average Bonchev–Trinajstić information content (AvgIpc) is 3.02. The lowest BCUT2D eigenvalue weighted by atomic mass is 9.88. The predicted octanol–water partition coefficient (Wildman–Crippen LogP) is 5.58. The number of hydrogen-bond donors (Lipinski definition) is 4. The minimum Gasteiger partial charge on any atom is -0.444 e. The monoisotopic (exact) mass is 615 g/mol. The molecule has 3 aromatic rings. The van der Waals surface area contributed by atoms with E-state index in [4.69, 9.17) is 4.74 Å². The number of rotatable bonds is 15. The van der Waals surface area contributed by atoms with Gasteiger partial charge in [-0.15, -0.1) is 0 Å². The van der Waals surface area contributed by atoms with E-state index >= 15 is 0 Å². The van der Waals surface area contributed by atoms with Gasteiger partial charge in [-0.05, 0) is 62.6 Å². The number of benzene rings is 3. The first kappa shape index (κ1) is 35.3. The molecule has 242 valence electrons. The summed E-state index contributed by atoms with van der Waals surface area (Å²) < 4.78 is 5.49. The molecule has 0 radical (unpaired) electrons. The molecule has 3 amide bonds. The van der Waals surface area contributed by atoms with Crippen molar-refractivity contribution in [2.75, 3.05) is 0 Å². The lowest BCUT2D eigenvalue weighted by Gasteiger charge is -2.30. The second-order valence-electron chi connectivity index (χ2n) is 12.7. The molecule has 0 aromatic heterocycles. The van der Waals surface area contributed by atoms with Gasteiger partial charge >= 0.3 is 6.09 Å². The summed E-state index contributed by atoms with van der Waals surface area (Å²) >= 11 is 0. The van der Waals surface area contributed by atoms with Gasteiger partial charge in [0.05, 0.1) is 12.1 Å². The van der Waals surface area contributed by atoms with Gasteiger partial charge in [0.15, 0.2) is 0 Å². The van der Waals surface area contributed by atoms with E-state index in [0.29, 0.717) is 25.8 Å². The third kappa shape index (κ3) is 12.4. The van der Waals surface area contributed by atoms with Crippen LogP contribution in [-0.4, -0.2) is 46.8 Å². The van der Waals surface area contributed by atoms with Gasteiger partial charge in [0.25, 0.3) is 0 Å². The van der Waals surface area contributed by atoms with Crippen molar-refractivity contribution in [2.45, 2.75) is 90.6 Å². The summed E-state index contributed by atoms with van der Waals surface area (Å²) in [6.07, 6.45) is -0.267. The van der Waals surface area contributed by atoms with Crippen molar-refractivity contribution in [1.82, 2.24) is 16.0 Å². The van der Waals surface area contributed by atoms with E-state index < -0.39 is 35.8 Å². The third-order valence-electron chi connectivity index (χ3n) is 7.79. The van der Waals surface area contributed by atoms with E-state index in [-0.39, 0.29) is 24.2 Å². The second-order valence-corrected chi connectivity index (χ2v) is 12.7. The van der Waals surface area contributed by atoms with Crippen LogP contribution < -0.4 is 16.0 Å². The molecule has 5 atom stereocenters. The number of aliphatic hydroxyl groups excluding tert-OH is 1. The zero-order valence-electron chi connectivity index (χ0n) is 27.2. The topological polar surface area (TPSA) is 117 Å². The number of amides is 3. The molecule has 0 heterocycles. The van der Waals surface area contributed by atoms with Crippen LogP contribution in [0.15, 0.2) is 91.0 Å². The van der Waals surface area contributed by atoms with E-state index in [0.717, 1.165) is 16.7 Å². The molecule has 3 rings (SSSR count). The Balaban J connectivity index is 1.82. The molecule has 0 spiro atoms. The first-order chi connectivity index (χ1) is 21.4. The Bertz CT molecular complexity index is 1330. The van der Waals surface area contributed by atoms with Crippen LogP contribution in [0.25, 0.3) is 0 Å². The van der Waals surface area contributed by atoms with Crippen molar-refractivity contribution in [3.63, 3.8) is 0 Å². The number of aliphatic hydroxyl groups is 1. The van der Waals surface area contributed by atoms with E-state index in [1.54, 1.807) is 20.8 Å². The Morgan fingerprint density at radius 1 is 0.756 bits per heavy atom. The first-order valence-corrected chi connectivity index (χ1v) is 15.8. The maximum atomic E-state index is 14.0. The minimum absolute atomic E-state index is 0.0624. The van der Waals surface area contributed by atoms with Gasteiger partial charge in [0, 0.05) is 12.5 Å². The maximum Gasteiger partial charge on any atom is 0.407 e. The molecule has 0 aliphatic rings. The second kappa shape index (κ2) is 17.4. The molecule has 45 heavy (non-hydrogen) atoms. The molecule has 8 nitrogen and oxygen atoms in total. The molecule has 0 aliphatic carbocycles. The minimum atomic E-state index is -1.08. The number of nitrogens with one attached hydrogen (secondary N) is 3. The smallest absolute Gasteiger partial charge is 0.407 e. The van der Waals surface area contributed by atoms with Crippen molar-refractivity contribution in [2.24, 2.45) is 11.8 Å². The average molecular weight is 616 g/mol. The quantitative estimate of drug-likeness (QED) is 0.178. The summed E-state index contributed by atoms with van der Waals surface area (Å²) in [6, 6.07) is 27.3. The Morgan fingerprint density at radius 3 is 1.78 bits per heavy atom. The van der Waals surface area contributed by atoms with Gasteiger partial charge in [-0.3, -0.25) is 9.59 Å². The standard InChI is InChI=1S/C37H49N3O5/c1-6-26(2)33(35(43)38-25-29-20-14-9-15-21-29)40-34(42)30(22-27-16-10-7-11-17-27)24-32(41)31(23-28-18-12-8-13-19-28)39-36(44)45-37(3,4)5/h7-21,26,30-33,41H,6,22-25H2,1-5H3,(H,38,43)(H,39,44)(H,40,42)/t26?,30-,31+,32+,33?/m1/s1. The van der Waals surface area contributed by atoms with Gasteiger partial charge in [-0.2, -0.15) is 0 Å². The molecule has 0 fully saturated rings. The van der Waals surface area contributed by atoms with Crippen LogP contribution in [0.5, 0.6) is 0 Å². The van der Waals surface area contributed by atoms with Crippen LogP contribution in [-0.2, 0) is 33.7 Å². The fourth-order valence-electron chi connectivity index (χ4n) is 5.12. The largest absolute Gasteiger partial charge is 0.444 e. The van der Waals surface area contributed by atoms with E-state index in [9.17, 15) is 19.5 Å².